The minimum Gasteiger partial charge on any atom is -0.480 e. The second kappa shape index (κ2) is 8.76. The number of piperazine rings is 1. The molecule has 1 aliphatic rings. The van der Waals surface area contributed by atoms with Crippen LogP contribution in [0, 0.1) is 0 Å². The maximum Gasteiger partial charge on any atom is 0.326 e. The molecule has 2 aromatic rings. The molecule has 2 heterocycles. The summed E-state index contributed by atoms with van der Waals surface area (Å²) in [6.07, 6.45) is 1.52. The van der Waals surface area contributed by atoms with E-state index in [-0.39, 0.29) is 31.3 Å². The number of hydrogen-bond donors (Lipinski definition) is 1. The number of ether oxygens (including phenoxy) is 1. The Morgan fingerprint density at radius 3 is 2.62 bits per heavy atom. The van der Waals surface area contributed by atoms with Crippen molar-refractivity contribution in [3.05, 3.63) is 34.6 Å². The van der Waals surface area contributed by atoms with Gasteiger partial charge in [0.25, 0.3) is 0 Å². The molecule has 0 radical (unpaired) electrons. The van der Waals surface area contributed by atoms with Crippen molar-refractivity contribution >= 4 is 46.7 Å². The number of nitrogens with zero attached hydrogens (tertiary/aromatic N) is 5. The Kier molecular flexibility index (Phi) is 6.36. The van der Waals surface area contributed by atoms with Crippen molar-refractivity contribution in [1.82, 2.24) is 19.9 Å². The molecule has 1 aromatic carbocycles. The van der Waals surface area contributed by atoms with Gasteiger partial charge in [-0.3, -0.25) is 14.5 Å². The van der Waals surface area contributed by atoms with Crippen molar-refractivity contribution in [2.75, 3.05) is 31.7 Å². The monoisotopic (exact) mass is 441 g/mol. The van der Waals surface area contributed by atoms with Crippen LogP contribution in [0.5, 0.6) is 0 Å². The van der Waals surface area contributed by atoms with Crippen molar-refractivity contribution < 1.29 is 24.2 Å². The van der Waals surface area contributed by atoms with Gasteiger partial charge in [-0.1, -0.05) is 28.4 Å². The summed E-state index contributed by atoms with van der Waals surface area (Å²) in [6, 6.07) is 3.59. The van der Waals surface area contributed by atoms with E-state index in [2.05, 4.69) is 10.3 Å². The van der Waals surface area contributed by atoms with Crippen LogP contribution in [0.3, 0.4) is 0 Å². The van der Waals surface area contributed by atoms with Crippen LogP contribution in [0.1, 0.15) is 6.42 Å². The Hall–Kier alpha value is -2.69. The predicted molar refractivity (Wildman–Crippen MR) is 103 cm³/mol. The van der Waals surface area contributed by atoms with Gasteiger partial charge < -0.3 is 14.7 Å². The van der Waals surface area contributed by atoms with E-state index in [1.165, 1.54) is 29.0 Å². The van der Waals surface area contributed by atoms with E-state index in [0.29, 0.717) is 16.4 Å². The fourth-order valence-electron chi connectivity index (χ4n) is 3.05. The zero-order valence-corrected chi connectivity index (χ0v) is 16.8. The highest BCUT2D eigenvalue weighted by Gasteiger charge is 2.38. The van der Waals surface area contributed by atoms with E-state index in [1.54, 1.807) is 12.1 Å². The maximum absolute atomic E-state index is 12.8. The summed E-state index contributed by atoms with van der Waals surface area (Å²) >= 11 is 11.9. The number of aromatic nitrogens is 3. The molecule has 12 heteroatoms. The quantitative estimate of drug-likeness (QED) is 0.686. The van der Waals surface area contributed by atoms with E-state index in [0.717, 1.165) is 4.90 Å². The SMILES string of the molecule is COCCC(C(=O)O)N1CC(=O)N(c2cc(Cl)ccc2-n2cc(Cl)nn2)CC1=O. The zero-order chi connectivity index (χ0) is 21.1. The Morgan fingerprint density at radius 1 is 1.24 bits per heavy atom. The molecule has 29 heavy (non-hydrogen) atoms. The first-order valence-corrected chi connectivity index (χ1v) is 9.26. The van der Waals surface area contributed by atoms with Gasteiger partial charge in [0.15, 0.2) is 5.15 Å². The molecule has 1 saturated heterocycles. The predicted octanol–water partition coefficient (Wildman–Crippen LogP) is 1.24. The number of hydrogen-bond acceptors (Lipinski definition) is 6. The fourth-order valence-corrected chi connectivity index (χ4v) is 3.34. The van der Waals surface area contributed by atoms with Gasteiger partial charge in [0.05, 0.1) is 17.6 Å². The number of aliphatic carboxylic acids is 1. The van der Waals surface area contributed by atoms with Gasteiger partial charge in [-0.2, -0.15) is 0 Å². The zero-order valence-electron chi connectivity index (χ0n) is 15.3. The van der Waals surface area contributed by atoms with E-state index >= 15 is 0 Å². The standard InChI is InChI=1S/C17H17Cl2N5O5/c1-29-5-4-12(17(27)28)22-8-16(26)23(9-15(22)25)13-6-10(18)2-3-11(13)24-7-14(19)20-21-24/h2-3,6-7,12H,4-5,8-9H2,1H3,(H,27,28). The molecule has 1 atom stereocenters. The second-order valence-corrected chi connectivity index (χ2v) is 7.08. The number of anilines is 1. The largest absolute Gasteiger partial charge is 0.480 e. The van der Waals surface area contributed by atoms with Crippen LogP contribution in [-0.4, -0.2) is 75.6 Å². The fraction of sp³-hybridized carbons (Fsp3) is 0.353. The number of halogens is 2. The summed E-state index contributed by atoms with van der Waals surface area (Å²) in [6.45, 7) is -0.584. The first-order chi connectivity index (χ1) is 13.8. The summed E-state index contributed by atoms with van der Waals surface area (Å²) in [4.78, 5) is 39.4. The lowest BCUT2D eigenvalue weighted by molar-refractivity contribution is -0.153. The minimum absolute atomic E-state index is 0.0741. The molecule has 2 amide bonds. The van der Waals surface area contributed by atoms with Crippen molar-refractivity contribution in [2.45, 2.75) is 12.5 Å². The number of carbonyl (C=O) groups is 3. The van der Waals surface area contributed by atoms with Crippen LogP contribution >= 0.6 is 23.2 Å². The van der Waals surface area contributed by atoms with Crippen LogP contribution in [0.2, 0.25) is 10.2 Å². The number of methoxy groups -OCH3 is 1. The molecule has 1 fully saturated rings. The number of amides is 2. The third kappa shape index (κ3) is 4.50. The Morgan fingerprint density at radius 2 is 2.00 bits per heavy atom. The highest BCUT2D eigenvalue weighted by Crippen LogP contribution is 2.30. The molecule has 0 aliphatic carbocycles. The molecule has 10 nitrogen and oxygen atoms in total. The second-order valence-electron chi connectivity index (χ2n) is 6.26. The molecule has 1 aromatic heterocycles. The summed E-state index contributed by atoms with van der Waals surface area (Å²) in [7, 11) is 1.43. The smallest absolute Gasteiger partial charge is 0.326 e. The van der Waals surface area contributed by atoms with Crippen LogP contribution in [0.4, 0.5) is 5.69 Å². The Balaban J connectivity index is 1.91. The summed E-state index contributed by atoms with van der Waals surface area (Å²) in [5, 5.41) is 17.5. The molecule has 1 N–H and O–H groups in total. The molecule has 1 unspecified atom stereocenters. The Bertz CT molecular complexity index is 950. The molecular formula is C17H17Cl2N5O5. The topological polar surface area (TPSA) is 118 Å². The molecule has 3 rings (SSSR count). The summed E-state index contributed by atoms with van der Waals surface area (Å²) in [5.74, 6) is -2.16. The number of benzene rings is 1. The number of rotatable bonds is 7. The van der Waals surface area contributed by atoms with Crippen molar-refractivity contribution in [3.8, 4) is 5.69 Å². The van der Waals surface area contributed by atoms with E-state index in [4.69, 9.17) is 27.9 Å². The van der Waals surface area contributed by atoms with Gasteiger partial charge in [-0.25, -0.2) is 9.48 Å². The lowest BCUT2D eigenvalue weighted by Gasteiger charge is -2.37. The molecular weight excluding hydrogens is 425 g/mol. The van der Waals surface area contributed by atoms with E-state index < -0.39 is 23.8 Å². The molecule has 0 saturated carbocycles. The highest BCUT2D eigenvalue weighted by molar-refractivity contribution is 6.31. The van der Waals surface area contributed by atoms with Gasteiger partial charge >= 0.3 is 5.97 Å². The summed E-state index contributed by atoms with van der Waals surface area (Å²) in [5.41, 5.74) is 0.776. The van der Waals surface area contributed by atoms with Crippen LogP contribution in [0.15, 0.2) is 24.4 Å². The first kappa shape index (κ1) is 21.0. The molecule has 0 bridgehead atoms. The van der Waals surface area contributed by atoms with E-state index in [1.807, 2.05) is 0 Å². The normalized spacial score (nSPS) is 15.7. The van der Waals surface area contributed by atoms with Crippen molar-refractivity contribution in [1.29, 1.82) is 0 Å². The first-order valence-electron chi connectivity index (χ1n) is 8.51. The molecule has 1 aliphatic heterocycles. The van der Waals surface area contributed by atoms with Crippen LogP contribution < -0.4 is 4.90 Å². The van der Waals surface area contributed by atoms with Crippen LogP contribution in [-0.2, 0) is 19.1 Å². The van der Waals surface area contributed by atoms with Gasteiger partial charge in [-0.05, 0) is 18.2 Å². The highest BCUT2D eigenvalue weighted by atomic mass is 35.5. The van der Waals surface area contributed by atoms with Crippen LogP contribution in [0.25, 0.3) is 5.69 Å². The van der Waals surface area contributed by atoms with Gasteiger partial charge in [0, 0.05) is 25.2 Å². The van der Waals surface area contributed by atoms with Gasteiger partial charge in [0.2, 0.25) is 11.8 Å². The average Bonchev–Trinajstić information content (AvgIpc) is 3.10. The molecule has 154 valence electrons. The molecule has 0 spiro atoms. The summed E-state index contributed by atoms with van der Waals surface area (Å²) < 4.78 is 6.27. The number of carboxylic acid groups (broad SMARTS) is 1. The van der Waals surface area contributed by atoms with E-state index in [9.17, 15) is 19.5 Å². The van der Waals surface area contributed by atoms with Gasteiger partial charge in [-0.15, -0.1) is 5.10 Å². The maximum atomic E-state index is 12.8. The van der Waals surface area contributed by atoms with Gasteiger partial charge in [0.1, 0.15) is 19.1 Å². The average molecular weight is 442 g/mol. The Labute approximate surface area is 175 Å². The minimum atomic E-state index is -1.20. The third-order valence-corrected chi connectivity index (χ3v) is 4.83. The number of carboxylic acids is 1. The lowest BCUT2D eigenvalue weighted by Crippen LogP contribution is -2.59. The van der Waals surface area contributed by atoms with Crippen molar-refractivity contribution in [2.24, 2.45) is 0 Å². The lowest BCUT2D eigenvalue weighted by atomic mass is 10.1. The number of carbonyl (C=O) groups excluding carboxylic acids is 2. The van der Waals surface area contributed by atoms with Crippen molar-refractivity contribution in [3.63, 3.8) is 0 Å². The third-order valence-electron chi connectivity index (χ3n) is 4.42.